The number of nitrogens with zero attached hydrogens (tertiary/aromatic N) is 4. The summed E-state index contributed by atoms with van der Waals surface area (Å²) in [7, 11) is 3.81. The number of ether oxygens (including phenoxy) is 1. The number of nitriles is 1. The van der Waals surface area contributed by atoms with Gasteiger partial charge in [0.2, 0.25) is 0 Å². The quantitative estimate of drug-likeness (QED) is 0.605. The lowest BCUT2D eigenvalue weighted by Crippen LogP contribution is -2.41. The lowest BCUT2D eigenvalue weighted by Gasteiger charge is -2.39. The average Bonchev–Trinajstić information content (AvgIpc) is 3.23. The van der Waals surface area contributed by atoms with E-state index in [9.17, 15) is 4.79 Å². The highest BCUT2D eigenvalue weighted by Gasteiger charge is 2.30. The van der Waals surface area contributed by atoms with Gasteiger partial charge in [-0.2, -0.15) is 10.4 Å². The van der Waals surface area contributed by atoms with Crippen molar-refractivity contribution in [3.63, 3.8) is 0 Å². The second-order valence-electron chi connectivity index (χ2n) is 8.32. The third kappa shape index (κ3) is 4.69. The Morgan fingerprint density at radius 1 is 1.24 bits per heavy atom. The van der Waals surface area contributed by atoms with Crippen molar-refractivity contribution in [2.24, 2.45) is 5.92 Å². The zero-order valence-corrected chi connectivity index (χ0v) is 18.9. The molecular weight excluding hydrogens is 416 g/mol. The lowest BCUT2D eigenvalue weighted by molar-refractivity contribution is 0.0891. The molecule has 1 aromatic heterocycles. The molecule has 33 heavy (non-hydrogen) atoms. The van der Waals surface area contributed by atoms with Crippen molar-refractivity contribution in [2.75, 3.05) is 33.0 Å². The van der Waals surface area contributed by atoms with Crippen LogP contribution < -0.4 is 15.8 Å². The van der Waals surface area contributed by atoms with Gasteiger partial charge < -0.3 is 15.8 Å². The molecule has 2 heterocycles. The molecule has 2 aromatic carbocycles. The number of likely N-dealkylation sites (tertiary alicyclic amines) is 1. The number of rotatable bonds is 6. The van der Waals surface area contributed by atoms with Gasteiger partial charge in [-0.15, -0.1) is 0 Å². The third-order valence-corrected chi connectivity index (χ3v) is 6.29. The minimum Gasteiger partial charge on any atom is -0.497 e. The Hall–Kier alpha value is -3.83. The number of carbonyl (C=O) groups excluding carboxylic acids is 1. The molecule has 4 rings (SSSR count). The second-order valence-corrected chi connectivity index (χ2v) is 8.32. The van der Waals surface area contributed by atoms with Crippen molar-refractivity contribution in [1.82, 2.24) is 20.0 Å². The van der Waals surface area contributed by atoms with Crippen molar-refractivity contribution < 1.29 is 9.53 Å². The Bertz CT molecular complexity index is 1150. The maximum atomic E-state index is 12.8. The zero-order chi connectivity index (χ0) is 23.4. The van der Waals surface area contributed by atoms with Crippen molar-refractivity contribution in [1.29, 1.82) is 5.26 Å². The van der Waals surface area contributed by atoms with E-state index in [0.29, 0.717) is 29.3 Å². The summed E-state index contributed by atoms with van der Waals surface area (Å²) in [6.07, 6.45) is 3.59. The Labute approximate surface area is 193 Å². The van der Waals surface area contributed by atoms with E-state index in [0.717, 1.165) is 25.1 Å². The van der Waals surface area contributed by atoms with E-state index in [1.165, 1.54) is 16.4 Å². The van der Waals surface area contributed by atoms with E-state index in [-0.39, 0.29) is 17.8 Å². The summed E-state index contributed by atoms with van der Waals surface area (Å²) in [6, 6.07) is 17.5. The molecule has 2 unspecified atom stereocenters. The van der Waals surface area contributed by atoms with E-state index in [2.05, 4.69) is 34.5 Å². The smallest absolute Gasteiger partial charge is 0.251 e. The first kappa shape index (κ1) is 22.4. The van der Waals surface area contributed by atoms with Crippen LogP contribution in [0.4, 0.5) is 5.82 Å². The van der Waals surface area contributed by atoms with Crippen LogP contribution in [0.1, 0.15) is 40.4 Å². The Morgan fingerprint density at radius 3 is 2.61 bits per heavy atom. The number of anilines is 1. The van der Waals surface area contributed by atoms with E-state index in [1.54, 1.807) is 31.4 Å². The Kier molecular flexibility index (Phi) is 6.61. The molecule has 1 fully saturated rings. The highest BCUT2D eigenvalue weighted by atomic mass is 16.5. The summed E-state index contributed by atoms with van der Waals surface area (Å²) >= 11 is 0. The van der Waals surface area contributed by atoms with Crippen LogP contribution in [0, 0.1) is 17.2 Å². The van der Waals surface area contributed by atoms with Crippen LogP contribution in [-0.4, -0.2) is 47.8 Å². The fourth-order valence-electron chi connectivity index (χ4n) is 4.53. The number of methoxy groups -OCH3 is 1. The molecular formula is C25H28N6O2. The summed E-state index contributed by atoms with van der Waals surface area (Å²) in [6.45, 7) is 1.63. The van der Waals surface area contributed by atoms with Crippen molar-refractivity contribution >= 4 is 11.7 Å². The number of amides is 1. The molecule has 0 radical (unpaired) electrons. The van der Waals surface area contributed by atoms with Gasteiger partial charge in [-0.05, 0) is 74.3 Å². The number of hydrogen-bond acceptors (Lipinski definition) is 6. The van der Waals surface area contributed by atoms with Crippen molar-refractivity contribution in [3.05, 3.63) is 71.4 Å². The van der Waals surface area contributed by atoms with Gasteiger partial charge >= 0.3 is 0 Å². The number of nitrogens with one attached hydrogen (secondary N) is 1. The van der Waals surface area contributed by atoms with E-state index >= 15 is 0 Å². The fraction of sp³-hybridized carbons (Fsp3) is 0.320. The summed E-state index contributed by atoms with van der Waals surface area (Å²) in [5.74, 6) is 1.31. The minimum absolute atomic E-state index is 0.116. The molecule has 1 saturated heterocycles. The van der Waals surface area contributed by atoms with Gasteiger partial charge in [0, 0.05) is 18.2 Å². The van der Waals surface area contributed by atoms with Gasteiger partial charge in [0.05, 0.1) is 19.0 Å². The van der Waals surface area contributed by atoms with Gasteiger partial charge in [0.25, 0.3) is 5.91 Å². The SMILES string of the molecule is COc1ccc(C2C(CNC(=O)c3ccc(-n4ncc(C#N)c4N)cc3)CCCN2C)cc1. The Morgan fingerprint density at radius 2 is 1.97 bits per heavy atom. The first-order chi connectivity index (χ1) is 16.0. The summed E-state index contributed by atoms with van der Waals surface area (Å²) < 4.78 is 6.77. The summed E-state index contributed by atoms with van der Waals surface area (Å²) in [5.41, 5.74) is 8.76. The number of piperidine rings is 1. The first-order valence-corrected chi connectivity index (χ1v) is 11.0. The minimum atomic E-state index is -0.116. The van der Waals surface area contributed by atoms with E-state index in [4.69, 9.17) is 15.7 Å². The van der Waals surface area contributed by atoms with Crippen LogP contribution in [0.25, 0.3) is 5.69 Å². The van der Waals surface area contributed by atoms with Gasteiger partial charge in [-0.3, -0.25) is 9.69 Å². The van der Waals surface area contributed by atoms with Gasteiger partial charge in [-0.25, -0.2) is 4.68 Å². The van der Waals surface area contributed by atoms with Gasteiger partial charge in [0.15, 0.2) is 0 Å². The normalized spacial score (nSPS) is 18.5. The highest BCUT2D eigenvalue weighted by Crippen LogP contribution is 2.35. The molecule has 0 saturated carbocycles. The van der Waals surface area contributed by atoms with E-state index in [1.807, 2.05) is 18.2 Å². The third-order valence-electron chi connectivity index (χ3n) is 6.29. The van der Waals surface area contributed by atoms with Crippen LogP contribution in [0.5, 0.6) is 5.75 Å². The van der Waals surface area contributed by atoms with Crippen LogP contribution in [0.2, 0.25) is 0 Å². The van der Waals surface area contributed by atoms with Crippen LogP contribution in [0.15, 0.2) is 54.7 Å². The topological polar surface area (TPSA) is 109 Å². The van der Waals surface area contributed by atoms with Crippen molar-refractivity contribution in [3.8, 4) is 17.5 Å². The predicted molar refractivity (Wildman–Crippen MR) is 126 cm³/mol. The predicted octanol–water partition coefficient (Wildman–Crippen LogP) is 3.15. The zero-order valence-electron chi connectivity index (χ0n) is 18.9. The highest BCUT2D eigenvalue weighted by molar-refractivity contribution is 5.94. The summed E-state index contributed by atoms with van der Waals surface area (Å²) in [5, 5.41) is 16.3. The summed E-state index contributed by atoms with van der Waals surface area (Å²) in [4.78, 5) is 15.2. The number of aromatic nitrogens is 2. The number of benzene rings is 2. The van der Waals surface area contributed by atoms with Crippen LogP contribution >= 0.6 is 0 Å². The molecule has 1 amide bonds. The number of nitrogen functional groups attached to an aromatic ring is 1. The molecule has 1 aliphatic heterocycles. The molecule has 1 aliphatic rings. The molecule has 0 aliphatic carbocycles. The molecule has 3 aromatic rings. The number of carbonyl (C=O) groups is 1. The fourth-order valence-corrected chi connectivity index (χ4v) is 4.53. The molecule has 3 N–H and O–H groups in total. The Balaban J connectivity index is 1.43. The monoisotopic (exact) mass is 444 g/mol. The van der Waals surface area contributed by atoms with Gasteiger partial charge in [0.1, 0.15) is 23.2 Å². The maximum absolute atomic E-state index is 12.8. The maximum Gasteiger partial charge on any atom is 0.251 e. The second kappa shape index (κ2) is 9.76. The number of hydrogen-bond donors (Lipinski definition) is 2. The van der Waals surface area contributed by atoms with Gasteiger partial charge in [-0.1, -0.05) is 12.1 Å². The molecule has 0 bridgehead atoms. The molecule has 8 heteroatoms. The molecule has 0 spiro atoms. The standard InChI is InChI=1S/C25H28N6O2/c1-30-13-3-4-19(23(30)17-7-11-22(33-2)12-8-17)15-28-25(32)18-5-9-21(10-6-18)31-24(27)20(14-26)16-29-31/h5-12,16,19,23H,3-4,13,15,27H2,1-2H3,(H,28,32). The van der Waals surface area contributed by atoms with E-state index < -0.39 is 0 Å². The molecule has 8 nitrogen and oxygen atoms in total. The van der Waals surface area contributed by atoms with Crippen molar-refractivity contribution in [2.45, 2.75) is 18.9 Å². The molecule has 2 atom stereocenters. The molecule has 170 valence electrons. The first-order valence-electron chi connectivity index (χ1n) is 11.0. The van der Waals surface area contributed by atoms with Crippen LogP contribution in [-0.2, 0) is 0 Å². The lowest BCUT2D eigenvalue weighted by atomic mass is 9.85. The largest absolute Gasteiger partial charge is 0.497 e. The van der Waals surface area contributed by atoms with Crippen LogP contribution in [0.3, 0.4) is 0 Å². The average molecular weight is 445 g/mol. The number of nitrogens with two attached hydrogens (primary N) is 1.